The van der Waals surface area contributed by atoms with Gasteiger partial charge in [-0.15, -0.1) is 0 Å². The second-order valence-electron chi connectivity index (χ2n) is 6.06. The fourth-order valence-corrected chi connectivity index (χ4v) is 2.52. The first kappa shape index (κ1) is 21.1. The van der Waals surface area contributed by atoms with E-state index in [4.69, 9.17) is 9.47 Å². The molecule has 8 heteroatoms. The Morgan fingerprint density at radius 2 is 1.75 bits per heavy atom. The SMILES string of the molecule is COc1ccc(CCN(C)C(=O)CNC(=O)c2ccc(F)cc2F)cc1OC. The van der Waals surface area contributed by atoms with E-state index in [1.165, 1.54) is 4.90 Å². The van der Waals surface area contributed by atoms with E-state index in [9.17, 15) is 18.4 Å². The van der Waals surface area contributed by atoms with Crippen molar-refractivity contribution >= 4 is 11.8 Å². The standard InChI is InChI=1S/C20H22F2N2O4/c1-24(9-8-13-4-7-17(27-2)18(10-13)28-3)19(25)12-23-20(26)15-6-5-14(21)11-16(15)22/h4-7,10-11H,8-9,12H2,1-3H3,(H,23,26). The van der Waals surface area contributed by atoms with Crippen molar-refractivity contribution in [3.05, 3.63) is 59.2 Å². The largest absolute Gasteiger partial charge is 0.493 e. The molecular formula is C20H22F2N2O4. The Labute approximate surface area is 162 Å². The normalized spacial score (nSPS) is 10.3. The minimum absolute atomic E-state index is 0.294. The lowest BCUT2D eigenvalue weighted by Gasteiger charge is -2.18. The van der Waals surface area contributed by atoms with Crippen molar-refractivity contribution in [3.63, 3.8) is 0 Å². The fraction of sp³-hybridized carbons (Fsp3) is 0.300. The lowest BCUT2D eigenvalue weighted by atomic mass is 10.1. The fourth-order valence-electron chi connectivity index (χ4n) is 2.52. The third-order valence-corrected chi connectivity index (χ3v) is 4.19. The molecule has 0 aliphatic carbocycles. The van der Waals surface area contributed by atoms with E-state index in [-0.39, 0.29) is 18.0 Å². The molecule has 2 rings (SSSR count). The number of amides is 2. The molecule has 0 aliphatic heterocycles. The number of benzene rings is 2. The van der Waals surface area contributed by atoms with Gasteiger partial charge in [0.05, 0.1) is 26.3 Å². The van der Waals surface area contributed by atoms with E-state index in [0.29, 0.717) is 30.5 Å². The number of likely N-dealkylation sites (N-methyl/N-ethyl adjacent to an activating group) is 1. The summed E-state index contributed by atoms with van der Waals surface area (Å²) in [4.78, 5) is 25.6. The van der Waals surface area contributed by atoms with Gasteiger partial charge in [-0.2, -0.15) is 0 Å². The van der Waals surface area contributed by atoms with Crippen LogP contribution in [-0.2, 0) is 11.2 Å². The number of nitrogens with zero attached hydrogens (tertiary/aromatic N) is 1. The lowest BCUT2D eigenvalue weighted by Crippen LogP contribution is -2.39. The quantitative estimate of drug-likeness (QED) is 0.749. The zero-order valence-corrected chi connectivity index (χ0v) is 15.9. The highest BCUT2D eigenvalue weighted by molar-refractivity contribution is 5.96. The van der Waals surface area contributed by atoms with Gasteiger partial charge in [0.2, 0.25) is 5.91 Å². The van der Waals surface area contributed by atoms with Crippen LogP contribution in [0.25, 0.3) is 0 Å². The zero-order chi connectivity index (χ0) is 20.7. The molecule has 0 spiro atoms. The highest BCUT2D eigenvalue weighted by atomic mass is 19.1. The Morgan fingerprint density at radius 3 is 2.39 bits per heavy atom. The number of methoxy groups -OCH3 is 2. The number of carbonyl (C=O) groups excluding carboxylic acids is 2. The number of hydrogen-bond donors (Lipinski definition) is 1. The van der Waals surface area contributed by atoms with Crippen LogP contribution in [0.4, 0.5) is 8.78 Å². The molecule has 28 heavy (non-hydrogen) atoms. The molecule has 0 radical (unpaired) electrons. The van der Waals surface area contributed by atoms with Gasteiger partial charge >= 0.3 is 0 Å². The second-order valence-corrected chi connectivity index (χ2v) is 6.06. The molecular weight excluding hydrogens is 370 g/mol. The maximum absolute atomic E-state index is 13.6. The summed E-state index contributed by atoms with van der Waals surface area (Å²) in [5.41, 5.74) is 0.636. The number of hydrogen-bond acceptors (Lipinski definition) is 4. The molecule has 0 saturated carbocycles. The second kappa shape index (κ2) is 9.68. The van der Waals surface area contributed by atoms with Crippen molar-refractivity contribution in [3.8, 4) is 11.5 Å². The monoisotopic (exact) mass is 392 g/mol. The van der Waals surface area contributed by atoms with Crippen molar-refractivity contribution in [2.45, 2.75) is 6.42 Å². The molecule has 6 nitrogen and oxygen atoms in total. The Balaban J connectivity index is 1.86. The maximum Gasteiger partial charge on any atom is 0.254 e. The first-order valence-electron chi connectivity index (χ1n) is 8.53. The number of halogens is 2. The van der Waals surface area contributed by atoms with Gasteiger partial charge in [-0.1, -0.05) is 6.07 Å². The first-order valence-corrected chi connectivity index (χ1v) is 8.53. The van der Waals surface area contributed by atoms with Crippen LogP contribution >= 0.6 is 0 Å². The summed E-state index contributed by atoms with van der Waals surface area (Å²) in [7, 11) is 4.70. The van der Waals surface area contributed by atoms with Gasteiger partial charge in [0.1, 0.15) is 11.6 Å². The summed E-state index contributed by atoms with van der Waals surface area (Å²) in [5, 5.41) is 2.34. The molecule has 0 saturated heterocycles. The molecule has 2 amide bonds. The molecule has 1 N–H and O–H groups in total. The molecule has 0 fully saturated rings. The van der Waals surface area contributed by atoms with Crippen LogP contribution in [0, 0.1) is 11.6 Å². The van der Waals surface area contributed by atoms with Gasteiger partial charge in [0.15, 0.2) is 11.5 Å². The maximum atomic E-state index is 13.6. The summed E-state index contributed by atoms with van der Waals surface area (Å²) in [6.45, 7) is 0.118. The minimum Gasteiger partial charge on any atom is -0.493 e. The summed E-state index contributed by atoms with van der Waals surface area (Å²) in [6, 6.07) is 8.12. The summed E-state index contributed by atoms with van der Waals surface area (Å²) in [5.74, 6) is -1.66. The lowest BCUT2D eigenvalue weighted by molar-refractivity contribution is -0.128. The summed E-state index contributed by atoms with van der Waals surface area (Å²) in [6.07, 6.45) is 0.573. The molecule has 0 atom stereocenters. The third kappa shape index (κ3) is 5.42. The van der Waals surface area contributed by atoms with Gasteiger partial charge in [-0.3, -0.25) is 9.59 Å². The number of carbonyl (C=O) groups is 2. The predicted molar refractivity (Wildman–Crippen MR) is 99.6 cm³/mol. The molecule has 2 aromatic carbocycles. The number of rotatable bonds is 8. The number of ether oxygens (including phenoxy) is 2. The van der Waals surface area contributed by atoms with Crippen molar-refractivity contribution in [2.24, 2.45) is 0 Å². The minimum atomic E-state index is -0.980. The smallest absolute Gasteiger partial charge is 0.254 e. The van der Waals surface area contributed by atoms with Crippen LogP contribution in [-0.4, -0.2) is 51.1 Å². The Hall–Kier alpha value is -3.16. The third-order valence-electron chi connectivity index (χ3n) is 4.19. The van der Waals surface area contributed by atoms with Gasteiger partial charge in [0.25, 0.3) is 5.91 Å². The van der Waals surface area contributed by atoms with Crippen molar-refractivity contribution < 1.29 is 27.8 Å². The van der Waals surface area contributed by atoms with Crippen molar-refractivity contribution in [1.29, 1.82) is 0 Å². The van der Waals surface area contributed by atoms with Crippen molar-refractivity contribution in [1.82, 2.24) is 10.2 Å². The molecule has 150 valence electrons. The van der Waals surface area contributed by atoms with Crippen molar-refractivity contribution in [2.75, 3.05) is 34.4 Å². The highest BCUT2D eigenvalue weighted by Crippen LogP contribution is 2.27. The molecule has 2 aromatic rings. The van der Waals surface area contributed by atoms with E-state index in [1.807, 2.05) is 12.1 Å². The Bertz CT molecular complexity index is 858. The average molecular weight is 392 g/mol. The van der Waals surface area contributed by atoms with Gasteiger partial charge < -0.3 is 19.7 Å². The van der Waals surface area contributed by atoms with Crippen LogP contribution in [0.5, 0.6) is 11.5 Å². The van der Waals surface area contributed by atoms with E-state index in [1.54, 1.807) is 27.3 Å². The number of nitrogens with one attached hydrogen (secondary N) is 1. The molecule has 0 bridgehead atoms. The van der Waals surface area contributed by atoms with E-state index >= 15 is 0 Å². The first-order chi connectivity index (χ1) is 13.3. The highest BCUT2D eigenvalue weighted by Gasteiger charge is 2.15. The molecule has 0 aromatic heterocycles. The van der Waals surface area contributed by atoms with E-state index < -0.39 is 17.5 Å². The van der Waals surface area contributed by atoms with Gasteiger partial charge in [-0.05, 0) is 36.2 Å². The van der Waals surface area contributed by atoms with E-state index in [0.717, 1.165) is 17.7 Å². The summed E-state index contributed by atoms with van der Waals surface area (Å²) < 4.78 is 36.9. The average Bonchev–Trinajstić information content (AvgIpc) is 2.69. The van der Waals surface area contributed by atoms with Gasteiger partial charge in [-0.25, -0.2) is 8.78 Å². The van der Waals surface area contributed by atoms with E-state index in [2.05, 4.69) is 5.32 Å². The van der Waals surface area contributed by atoms with Crippen LogP contribution < -0.4 is 14.8 Å². The van der Waals surface area contributed by atoms with Gasteiger partial charge in [0, 0.05) is 19.7 Å². The van der Waals surface area contributed by atoms with Crippen LogP contribution in [0.1, 0.15) is 15.9 Å². The molecule has 0 aliphatic rings. The Kier molecular flexibility index (Phi) is 7.31. The van der Waals surface area contributed by atoms with Crippen LogP contribution in [0.3, 0.4) is 0 Å². The predicted octanol–water partition coefficient (Wildman–Crippen LogP) is 2.41. The van der Waals surface area contributed by atoms with Crippen LogP contribution in [0.2, 0.25) is 0 Å². The van der Waals surface area contributed by atoms with Crippen LogP contribution in [0.15, 0.2) is 36.4 Å². The molecule has 0 heterocycles. The topological polar surface area (TPSA) is 67.9 Å². The summed E-state index contributed by atoms with van der Waals surface area (Å²) >= 11 is 0. The zero-order valence-electron chi connectivity index (χ0n) is 15.9. The molecule has 0 unspecified atom stereocenters. The Morgan fingerprint density at radius 1 is 1.04 bits per heavy atom.